The fourth-order valence-electron chi connectivity index (χ4n) is 1.86. The minimum absolute atomic E-state index is 0.0642. The fraction of sp³-hybridized carbons (Fsp3) is 0.125. The Kier molecular flexibility index (Phi) is 5.08. The summed E-state index contributed by atoms with van der Waals surface area (Å²) in [6, 6.07) is 12.9. The van der Waals surface area contributed by atoms with E-state index in [-0.39, 0.29) is 24.0 Å². The second-order valence-corrected chi connectivity index (χ2v) is 4.64. The van der Waals surface area contributed by atoms with E-state index in [0.717, 1.165) is 0 Å². The molecule has 22 heavy (non-hydrogen) atoms. The second kappa shape index (κ2) is 7.21. The van der Waals surface area contributed by atoms with Crippen molar-refractivity contribution in [2.45, 2.75) is 6.92 Å². The van der Waals surface area contributed by atoms with Crippen LogP contribution in [0.3, 0.4) is 0 Å². The molecule has 2 aromatic rings. The van der Waals surface area contributed by atoms with E-state index in [4.69, 9.17) is 0 Å². The first-order valence-corrected chi connectivity index (χ1v) is 6.70. The Labute approximate surface area is 127 Å². The molecule has 2 rings (SSSR count). The van der Waals surface area contributed by atoms with Crippen LogP contribution in [-0.4, -0.2) is 18.4 Å². The van der Waals surface area contributed by atoms with Gasteiger partial charge < -0.3 is 16.0 Å². The van der Waals surface area contributed by atoms with Gasteiger partial charge in [0, 0.05) is 18.3 Å². The Hall–Kier alpha value is -2.89. The first-order chi connectivity index (χ1) is 10.5. The average molecular weight is 301 g/mol. The third-order valence-corrected chi connectivity index (χ3v) is 2.78. The largest absolute Gasteiger partial charge is 0.374 e. The molecule has 0 saturated carbocycles. The van der Waals surface area contributed by atoms with Gasteiger partial charge in [-0.1, -0.05) is 18.2 Å². The molecule has 0 heterocycles. The van der Waals surface area contributed by atoms with Gasteiger partial charge in [0.25, 0.3) is 0 Å². The standard InChI is InChI=1S/C16H16FN3O2/c1-11(21)19-12-5-4-6-13(9-12)20-16(22)10-18-15-8-3-2-7-14(15)17/h2-9,18H,10H2,1H3,(H,19,21)(H,20,22). The van der Waals surface area contributed by atoms with Crippen LogP contribution in [-0.2, 0) is 9.59 Å². The van der Waals surface area contributed by atoms with E-state index in [2.05, 4.69) is 16.0 Å². The molecule has 3 N–H and O–H groups in total. The first kappa shape index (κ1) is 15.5. The molecular formula is C16H16FN3O2. The van der Waals surface area contributed by atoms with Gasteiger partial charge in [0.15, 0.2) is 0 Å². The fourth-order valence-corrected chi connectivity index (χ4v) is 1.86. The molecule has 0 aromatic heterocycles. The highest BCUT2D eigenvalue weighted by molar-refractivity contribution is 5.95. The molecule has 2 amide bonds. The second-order valence-electron chi connectivity index (χ2n) is 4.64. The zero-order valence-corrected chi connectivity index (χ0v) is 12.0. The molecule has 0 fully saturated rings. The van der Waals surface area contributed by atoms with Crippen LogP contribution in [0, 0.1) is 5.82 Å². The van der Waals surface area contributed by atoms with Gasteiger partial charge in [0.05, 0.1) is 12.2 Å². The van der Waals surface area contributed by atoms with Crippen molar-refractivity contribution in [1.29, 1.82) is 0 Å². The number of halogens is 1. The van der Waals surface area contributed by atoms with Crippen LogP contribution >= 0.6 is 0 Å². The highest BCUT2D eigenvalue weighted by Gasteiger charge is 2.05. The van der Waals surface area contributed by atoms with Crippen molar-refractivity contribution >= 4 is 28.9 Å². The summed E-state index contributed by atoms with van der Waals surface area (Å²) >= 11 is 0. The SMILES string of the molecule is CC(=O)Nc1cccc(NC(=O)CNc2ccccc2F)c1. The van der Waals surface area contributed by atoms with Crippen molar-refractivity contribution in [3.63, 3.8) is 0 Å². The van der Waals surface area contributed by atoms with E-state index >= 15 is 0 Å². The lowest BCUT2D eigenvalue weighted by Gasteiger charge is -2.09. The van der Waals surface area contributed by atoms with Gasteiger partial charge in [0.2, 0.25) is 11.8 Å². The monoisotopic (exact) mass is 301 g/mol. The molecule has 0 atom stereocenters. The molecular weight excluding hydrogens is 285 g/mol. The molecule has 0 spiro atoms. The van der Waals surface area contributed by atoms with E-state index in [1.54, 1.807) is 42.5 Å². The van der Waals surface area contributed by atoms with Crippen molar-refractivity contribution in [2.75, 3.05) is 22.5 Å². The van der Waals surface area contributed by atoms with E-state index in [1.165, 1.54) is 13.0 Å². The van der Waals surface area contributed by atoms with Gasteiger partial charge in [-0.25, -0.2) is 4.39 Å². The lowest BCUT2D eigenvalue weighted by molar-refractivity contribution is -0.115. The minimum atomic E-state index is -0.414. The van der Waals surface area contributed by atoms with Gasteiger partial charge in [-0.15, -0.1) is 0 Å². The maximum atomic E-state index is 13.4. The number of carbonyl (C=O) groups is 2. The lowest BCUT2D eigenvalue weighted by atomic mass is 10.2. The molecule has 114 valence electrons. The van der Waals surface area contributed by atoms with E-state index in [9.17, 15) is 14.0 Å². The van der Waals surface area contributed by atoms with Gasteiger partial charge in [0.1, 0.15) is 5.82 Å². The number of rotatable bonds is 5. The molecule has 5 nitrogen and oxygen atoms in total. The minimum Gasteiger partial charge on any atom is -0.374 e. The number of anilines is 3. The number of hydrogen-bond donors (Lipinski definition) is 3. The van der Waals surface area contributed by atoms with Gasteiger partial charge in [-0.3, -0.25) is 9.59 Å². The molecule has 0 unspecified atom stereocenters. The summed E-state index contributed by atoms with van der Waals surface area (Å²) in [7, 11) is 0. The summed E-state index contributed by atoms with van der Waals surface area (Å²) in [4.78, 5) is 22.8. The summed E-state index contributed by atoms with van der Waals surface area (Å²) in [6.45, 7) is 1.34. The third-order valence-electron chi connectivity index (χ3n) is 2.78. The summed E-state index contributed by atoms with van der Waals surface area (Å²) < 4.78 is 13.4. The van der Waals surface area contributed by atoms with Crippen molar-refractivity contribution < 1.29 is 14.0 Å². The van der Waals surface area contributed by atoms with Gasteiger partial charge >= 0.3 is 0 Å². The Morgan fingerprint density at radius 3 is 2.36 bits per heavy atom. The number of para-hydroxylation sites is 1. The van der Waals surface area contributed by atoms with Crippen molar-refractivity contribution in [3.8, 4) is 0 Å². The Bertz CT molecular complexity index is 689. The van der Waals surface area contributed by atoms with E-state index < -0.39 is 5.82 Å². The lowest BCUT2D eigenvalue weighted by Crippen LogP contribution is -2.22. The maximum absolute atomic E-state index is 13.4. The van der Waals surface area contributed by atoms with Crippen LogP contribution in [0.5, 0.6) is 0 Å². The van der Waals surface area contributed by atoms with Crippen LogP contribution in [0.1, 0.15) is 6.92 Å². The summed E-state index contributed by atoms with van der Waals surface area (Å²) in [5.74, 6) is -0.920. The zero-order valence-electron chi connectivity index (χ0n) is 12.0. The van der Waals surface area contributed by atoms with E-state index in [0.29, 0.717) is 11.4 Å². The van der Waals surface area contributed by atoms with Crippen LogP contribution in [0.2, 0.25) is 0 Å². The first-order valence-electron chi connectivity index (χ1n) is 6.70. The Balaban J connectivity index is 1.92. The van der Waals surface area contributed by atoms with Gasteiger partial charge in [-0.05, 0) is 30.3 Å². The molecule has 0 aliphatic rings. The molecule has 0 aliphatic heterocycles. The van der Waals surface area contributed by atoms with Crippen LogP contribution < -0.4 is 16.0 Å². The molecule has 0 aliphatic carbocycles. The molecule has 0 bridgehead atoms. The summed E-state index contributed by atoms with van der Waals surface area (Å²) in [5, 5.41) is 8.02. The predicted molar refractivity (Wildman–Crippen MR) is 84.3 cm³/mol. The van der Waals surface area contributed by atoms with Crippen LogP contribution in [0.15, 0.2) is 48.5 Å². The quantitative estimate of drug-likeness (QED) is 0.795. The van der Waals surface area contributed by atoms with Gasteiger partial charge in [-0.2, -0.15) is 0 Å². The highest BCUT2D eigenvalue weighted by atomic mass is 19.1. The normalized spacial score (nSPS) is 9.91. The Morgan fingerprint density at radius 2 is 1.68 bits per heavy atom. The number of carbonyl (C=O) groups excluding carboxylic acids is 2. The molecule has 6 heteroatoms. The maximum Gasteiger partial charge on any atom is 0.243 e. The molecule has 0 radical (unpaired) electrons. The topological polar surface area (TPSA) is 70.2 Å². The van der Waals surface area contributed by atoms with Crippen molar-refractivity contribution in [1.82, 2.24) is 0 Å². The average Bonchev–Trinajstić information content (AvgIpc) is 2.46. The third kappa shape index (κ3) is 4.59. The number of benzene rings is 2. The van der Waals surface area contributed by atoms with E-state index in [1.807, 2.05) is 0 Å². The summed E-state index contributed by atoms with van der Waals surface area (Å²) in [5.41, 5.74) is 1.41. The summed E-state index contributed by atoms with van der Waals surface area (Å²) in [6.07, 6.45) is 0. The smallest absolute Gasteiger partial charge is 0.243 e. The van der Waals surface area contributed by atoms with Crippen molar-refractivity contribution in [3.05, 3.63) is 54.3 Å². The molecule has 2 aromatic carbocycles. The van der Waals surface area contributed by atoms with Crippen LogP contribution in [0.25, 0.3) is 0 Å². The highest BCUT2D eigenvalue weighted by Crippen LogP contribution is 2.15. The Morgan fingerprint density at radius 1 is 1.00 bits per heavy atom. The van der Waals surface area contributed by atoms with Crippen LogP contribution in [0.4, 0.5) is 21.5 Å². The van der Waals surface area contributed by atoms with Crippen molar-refractivity contribution in [2.24, 2.45) is 0 Å². The number of nitrogens with one attached hydrogen (secondary N) is 3. The predicted octanol–water partition coefficient (Wildman–Crippen LogP) is 2.83. The number of amides is 2. The molecule has 0 saturated heterocycles. The number of hydrogen-bond acceptors (Lipinski definition) is 3. The zero-order chi connectivity index (χ0) is 15.9.